The summed E-state index contributed by atoms with van der Waals surface area (Å²) in [6.07, 6.45) is 12.7. The zero-order chi connectivity index (χ0) is 26.2. The van der Waals surface area contributed by atoms with Gasteiger partial charge in [-0.1, -0.05) is 32.4 Å². The lowest BCUT2D eigenvalue weighted by molar-refractivity contribution is 0.0964. The van der Waals surface area contributed by atoms with Crippen LogP contribution in [0.4, 0.5) is 11.6 Å². The van der Waals surface area contributed by atoms with E-state index in [2.05, 4.69) is 62.3 Å². The largest absolute Gasteiger partial charge is 0.326 e. The highest BCUT2D eigenvalue weighted by molar-refractivity contribution is 5.96. The second-order valence-corrected chi connectivity index (χ2v) is 9.26. The minimum absolute atomic E-state index is 0.181. The van der Waals surface area contributed by atoms with Crippen molar-refractivity contribution < 1.29 is 4.79 Å². The molecular formula is C29H35N7O. The van der Waals surface area contributed by atoms with Crippen LogP contribution in [-0.2, 0) is 0 Å². The number of carbonyl (C=O) groups is 1. The molecule has 192 valence electrons. The van der Waals surface area contributed by atoms with Crippen LogP contribution >= 0.6 is 0 Å². The molecule has 0 aromatic carbocycles. The zero-order valence-electron chi connectivity index (χ0n) is 22.0. The van der Waals surface area contributed by atoms with Crippen LogP contribution in [0.2, 0.25) is 0 Å². The highest BCUT2D eigenvalue weighted by atomic mass is 16.1. The molecule has 1 atom stereocenters. The van der Waals surface area contributed by atoms with Crippen molar-refractivity contribution in [3.05, 3.63) is 83.7 Å². The standard InChI is InChI=1S/C29H35N7O/c1-5-36(6-2)19-20(3)22-9-11-25(12-10-22)33-28(37)24-16-27(21(4)32-18-24)35-29-31-15-13-26(34-29)23-8-7-14-30-17-23/h7-9,11,13-18,20H,5-6,10,12,19H2,1-4H3,(H,33,37)(H,31,34,35). The Morgan fingerprint density at radius 2 is 1.92 bits per heavy atom. The van der Waals surface area contributed by atoms with E-state index in [-0.39, 0.29) is 5.91 Å². The number of allylic oxidation sites excluding steroid dienone is 3. The van der Waals surface area contributed by atoms with E-state index >= 15 is 0 Å². The molecule has 0 aliphatic heterocycles. The molecule has 8 nitrogen and oxygen atoms in total. The van der Waals surface area contributed by atoms with Crippen molar-refractivity contribution >= 4 is 17.5 Å². The summed E-state index contributed by atoms with van der Waals surface area (Å²) >= 11 is 0. The summed E-state index contributed by atoms with van der Waals surface area (Å²) in [7, 11) is 0. The molecule has 1 aliphatic carbocycles. The molecule has 0 spiro atoms. The molecule has 8 heteroatoms. The van der Waals surface area contributed by atoms with Gasteiger partial charge in [-0.2, -0.15) is 0 Å². The maximum atomic E-state index is 13.0. The number of hydrogen-bond acceptors (Lipinski definition) is 7. The minimum atomic E-state index is -0.181. The fourth-order valence-corrected chi connectivity index (χ4v) is 4.37. The van der Waals surface area contributed by atoms with Gasteiger partial charge in [0, 0.05) is 42.6 Å². The summed E-state index contributed by atoms with van der Waals surface area (Å²) in [6, 6.07) is 7.43. The predicted molar refractivity (Wildman–Crippen MR) is 147 cm³/mol. The normalized spacial score (nSPS) is 14.1. The number of carbonyl (C=O) groups excluding carboxylic acids is 1. The van der Waals surface area contributed by atoms with Crippen molar-refractivity contribution in [2.45, 2.75) is 40.5 Å². The average Bonchev–Trinajstić information content (AvgIpc) is 2.93. The van der Waals surface area contributed by atoms with Crippen molar-refractivity contribution in [3.8, 4) is 11.3 Å². The first-order chi connectivity index (χ1) is 18.0. The van der Waals surface area contributed by atoms with Crippen molar-refractivity contribution in [1.82, 2.24) is 30.2 Å². The average molecular weight is 498 g/mol. The van der Waals surface area contributed by atoms with Gasteiger partial charge in [0.1, 0.15) is 0 Å². The Kier molecular flexibility index (Phi) is 8.74. The molecule has 2 N–H and O–H groups in total. The van der Waals surface area contributed by atoms with Crippen molar-refractivity contribution in [3.63, 3.8) is 0 Å². The molecule has 0 saturated heterocycles. The Hall–Kier alpha value is -3.91. The maximum absolute atomic E-state index is 13.0. The molecule has 4 rings (SSSR count). The van der Waals surface area contributed by atoms with Crippen LogP contribution in [0.3, 0.4) is 0 Å². The fourth-order valence-electron chi connectivity index (χ4n) is 4.37. The number of nitrogens with zero attached hydrogens (tertiary/aromatic N) is 5. The minimum Gasteiger partial charge on any atom is -0.326 e. The monoisotopic (exact) mass is 497 g/mol. The van der Waals surface area contributed by atoms with Crippen molar-refractivity contribution in [1.29, 1.82) is 0 Å². The highest BCUT2D eigenvalue weighted by Crippen LogP contribution is 2.25. The number of aryl methyl sites for hydroxylation is 1. The van der Waals surface area contributed by atoms with Crippen LogP contribution in [0, 0.1) is 12.8 Å². The lowest BCUT2D eigenvalue weighted by Gasteiger charge is -2.26. The molecular weight excluding hydrogens is 462 g/mol. The van der Waals surface area contributed by atoms with Crippen molar-refractivity contribution in [2.75, 3.05) is 25.0 Å². The van der Waals surface area contributed by atoms with E-state index in [0.29, 0.717) is 23.1 Å². The van der Waals surface area contributed by atoms with Gasteiger partial charge in [-0.05, 0) is 69.1 Å². The Labute approximate surface area is 219 Å². The molecule has 0 saturated carbocycles. The first-order valence-electron chi connectivity index (χ1n) is 12.9. The number of nitrogens with one attached hydrogen (secondary N) is 2. The third kappa shape index (κ3) is 6.86. The maximum Gasteiger partial charge on any atom is 0.257 e. The second kappa shape index (κ2) is 12.4. The summed E-state index contributed by atoms with van der Waals surface area (Å²) in [4.78, 5) is 33.0. The zero-order valence-corrected chi connectivity index (χ0v) is 22.0. The van der Waals surface area contributed by atoms with E-state index in [9.17, 15) is 4.79 Å². The highest BCUT2D eigenvalue weighted by Gasteiger charge is 2.17. The second-order valence-electron chi connectivity index (χ2n) is 9.26. The van der Waals surface area contributed by atoms with E-state index < -0.39 is 0 Å². The molecule has 0 bridgehead atoms. The van der Waals surface area contributed by atoms with Crippen molar-refractivity contribution in [2.24, 2.45) is 5.92 Å². The van der Waals surface area contributed by atoms with E-state index in [4.69, 9.17) is 0 Å². The van der Waals surface area contributed by atoms with Crippen LogP contribution in [-0.4, -0.2) is 50.4 Å². The van der Waals surface area contributed by atoms with E-state index in [1.807, 2.05) is 31.2 Å². The summed E-state index contributed by atoms with van der Waals surface area (Å²) in [5.41, 5.74) is 5.92. The van der Waals surface area contributed by atoms with E-state index in [0.717, 1.165) is 55.1 Å². The molecule has 1 aliphatic rings. The third-order valence-electron chi connectivity index (χ3n) is 6.72. The Bertz CT molecular complexity index is 1280. The van der Waals surface area contributed by atoms with E-state index in [1.165, 1.54) is 5.57 Å². The van der Waals surface area contributed by atoms with Gasteiger partial charge in [-0.25, -0.2) is 9.97 Å². The van der Waals surface area contributed by atoms with Crippen LogP contribution in [0.1, 0.15) is 49.7 Å². The summed E-state index contributed by atoms with van der Waals surface area (Å²) in [5, 5.41) is 6.27. The molecule has 0 radical (unpaired) electrons. The Morgan fingerprint density at radius 3 is 2.62 bits per heavy atom. The molecule has 3 aromatic heterocycles. The molecule has 3 heterocycles. The number of pyridine rings is 2. The topological polar surface area (TPSA) is 95.9 Å². The number of aromatic nitrogens is 4. The molecule has 3 aromatic rings. The van der Waals surface area contributed by atoms with Gasteiger partial charge in [0.2, 0.25) is 5.95 Å². The van der Waals surface area contributed by atoms with Crippen LogP contribution in [0.15, 0.2) is 72.5 Å². The quantitative estimate of drug-likeness (QED) is 0.392. The van der Waals surface area contributed by atoms with Gasteiger partial charge in [0.05, 0.1) is 22.6 Å². The third-order valence-corrected chi connectivity index (χ3v) is 6.72. The first kappa shape index (κ1) is 26.2. The SMILES string of the molecule is CCN(CC)CC(C)C1=CC=C(NC(=O)c2cnc(C)c(Nc3nccc(-c4cccnc4)n3)c2)CC1. The van der Waals surface area contributed by atoms with Gasteiger partial charge in [-0.15, -0.1) is 0 Å². The van der Waals surface area contributed by atoms with Crippen LogP contribution in [0.25, 0.3) is 11.3 Å². The summed E-state index contributed by atoms with van der Waals surface area (Å²) in [6.45, 7) is 11.8. The van der Waals surface area contributed by atoms with E-state index in [1.54, 1.807) is 30.9 Å². The lowest BCUT2D eigenvalue weighted by Crippen LogP contribution is -2.29. The van der Waals surface area contributed by atoms with Gasteiger partial charge in [0.15, 0.2) is 0 Å². The fraction of sp³-hybridized carbons (Fsp3) is 0.345. The van der Waals surface area contributed by atoms with Gasteiger partial charge in [0.25, 0.3) is 5.91 Å². The predicted octanol–water partition coefficient (Wildman–Crippen LogP) is 5.30. The smallest absolute Gasteiger partial charge is 0.257 e. The molecule has 1 amide bonds. The number of anilines is 2. The lowest BCUT2D eigenvalue weighted by atomic mass is 9.91. The van der Waals surface area contributed by atoms with Gasteiger partial charge in [-0.3, -0.25) is 14.8 Å². The van der Waals surface area contributed by atoms with Gasteiger partial charge < -0.3 is 15.5 Å². The van der Waals surface area contributed by atoms with Gasteiger partial charge >= 0.3 is 0 Å². The van der Waals surface area contributed by atoms with Crippen LogP contribution < -0.4 is 10.6 Å². The summed E-state index contributed by atoms with van der Waals surface area (Å²) < 4.78 is 0. The molecule has 0 fully saturated rings. The number of amides is 1. The Balaban J connectivity index is 1.43. The Morgan fingerprint density at radius 1 is 1.08 bits per heavy atom. The number of rotatable bonds is 10. The first-order valence-corrected chi connectivity index (χ1v) is 12.9. The molecule has 1 unspecified atom stereocenters. The molecule has 37 heavy (non-hydrogen) atoms. The van der Waals surface area contributed by atoms with Crippen LogP contribution in [0.5, 0.6) is 0 Å². The summed E-state index contributed by atoms with van der Waals surface area (Å²) in [5.74, 6) is 0.748. The number of hydrogen-bond donors (Lipinski definition) is 2.